The minimum atomic E-state index is -0.117. The zero-order valence-corrected chi connectivity index (χ0v) is 23.5. The quantitative estimate of drug-likeness (QED) is 0.373. The summed E-state index contributed by atoms with van der Waals surface area (Å²) in [6.07, 6.45) is 10.4. The maximum Gasteiger partial charge on any atom is 0.255 e. The summed E-state index contributed by atoms with van der Waals surface area (Å²) in [6.45, 7) is 9.60. The number of piperidine rings is 1. The van der Waals surface area contributed by atoms with Crippen LogP contribution in [0.2, 0.25) is 0 Å². The van der Waals surface area contributed by atoms with Crippen LogP contribution in [-0.4, -0.2) is 42.8 Å². The molecule has 0 unspecified atom stereocenters. The molecule has 6 heteroatoms. The minimum absolute atomic E-state index is 0.117. The van der Waals surface area contributed by atoms with Gasteiger partial charge in [-0.1, -0.05) is 35.9 Å². The molecule has 2 aliphatic rings. The van der Waals surface area contributed by atoms with E-state index >= 15 is 0 Å². The van der Waals surface area contributed by atoms with Gasteiger partial charge in [0.15, 0.2) is 0 Å². The fourth-order valence-electron chi connectivity index (χ4n) is 4.59. The van der Waals surface area contributed by atoms with E-state index in [1.54, 1.807) is 0 Å². The number of allylic oxidation sites excluding steroid dienone is 5. The van der Waals surface area contributed by atoms with Crippen LogP contribution in [0.15, 0.2) is 89.8 Å². The summed E-state index contributed by atoms with van der Waals surface area (Å²) in [4.78, 5) is 16.3. The van der Waals surface area contributed by atoms with Crippen molar-refractivity contribution in [3.8, 4) is 5.75 Å². The number of aryl methyl sites for hydroxylation is 1. The summed E-state index contributed by atoms with van der Waals surface area (Å²) in [6, 6.07) is 16.0. The summed E-state index contributed by atoms with van der Waals surface area (Å²) < 4.78 is 6.01. The number of hydrogen-bond acceptors (Lipinski definition) is 5. The Labute approximate surface area is 231 Å². The number of nitrogens with two attached hydrogens (primary N) is 1. The van der Waals surface area contributed by atoms with Crippen LogP contribution in [0.5, 0.6) is 5.75 Å². The average Bonchev–Trinajstić information content (AvgIpc) is 2.92. The molecule has 2 heterocycles. The van der Waals surface area contributed by atoms with Crippen molar-refractivity contribution in [2.24, 2.45) is 11.7 Å². The van der Waals surface area contributed by atoms with Gasteiger partial charge in [-0.25, -0.2) is 0 Å². The summed E-state index contributed by atoms with van der Waals surface area (Å²) in [5, 5.41) is 2.96. The van der Waals surface area contributed by atoms with E-state index in [4.69, 9.17) is 10.5 Å². The van der Waals surface area contributed by atoms with Crippen molar-refractivity contribution in [1.29, 1.82) is 0 Å². The Morgan fingerprint density at radius 3 is 2.61 bits per heavy atom. The predicted molar refractivity (Wildman–Crippen MR) is 160 cm³/mol. The summed E-state index contributed by atoms with van der Waals surface area (Å²) in [5.41, 5.74) is 12.1. The number of thioether (sulfide) groups is 1. The molecule has 1 fully saturated rings. The average molecular weight is 530 g/mol. The van der Waals surface area contributed by atoms with E-state index in [2.05, 4.69) is 48.3 Å². The highest BCUT2D eigenvalue weighted by atomic mass is 32.2. The lowest BCUT2D eigenvalue weighted by molar-refractivity contribution is 0.0966. The van der Waals surface area contributed by atoms with Crippen molar-refractivity contribution >= 4 is 22.6 Å². The van der Waals surface area contributed by atoms with E-state index in [9.17, 15) is 4.79 Å². The Bertz CT molecular complexity index is 1240. The van der Waals surface area contributed by atoms with Crippen LogP contribution in [-0.2, 0) is 0 Å². The van der Waals surface area contributed by atoms with Crippen molar-refractivity contribution in [2.45, 2.75) is 33.6 Å². The largest absolute Gasteiger partial charge is 0.493 e. The van der Waals surface area contributed by atoms with Crippen molar-refractivity contribution < 1.29 is 9.53 Å². The number of carbonyl (C=O) groups excluding carboxylic acids is 1. The molecule has 0 aliphatic carbocycles. The number of rotatable bonds is 9. The highest BCUT2D eigenvalue weighted by molar-refractivity contribution is 8.08. The van der Waals surface area contributed by atoms with E-state index < -0.39 is 0 Å². The molecule has 200 valence electrons. The van der Waals surface area contributed by atoms with Gasteiger partial charge in [-0.3, -0.25) is 9.69 Å². The number of amides is 1. The zero-order chi connectivity index (χ0) is 26.9. The number of carbonyl (C=O) groups is 1. The molecular formula is C32H39N3O2S. The first-order chi connectivity index (χ1) is 18.4. The normalized spacial score (nSPS) is 17.6. The molecule has 0 atom stereocenters. The maximum absolute atomic E-state index is 12.7. The second-order valence-electron chi connectivity index (χ2n) is 10.2. The monoisotopic (exact) mass is 529 g/mol. The lowest BCUT2D eigenvalue weighted by atomic mass is 9.97. The molecule has 1 amide bonds. The lowest BCUT2D eigenvalue weighted by Gasteiger charge is -2.31. The van der Waals surface area contributed by atoms with E-state index in [0.717, 1.165) is 67.5 Å². The second-order valence-corrected chi connectivity index (χ2v) is 11.3. The Balaban J connectivity index is 1.20. The molecule has 5 nitrogen and oxygen atoms in total. The second kappa shape index (κ2) is 13.5. The van der Waals surface area contributed by atoms with Gasteiger partial charge in [-0.2, -0.15) is 0 Å². The molecule has 1 saturated heterocycles. The predicted octanol–water partition coefficient (Wildman–Crippen LogP) is 6.30. The smallest absolute Gasteiger partial charge is 0.255 e. The van der Waals surface area contributed by atoms with Crippen molar-refractivity contribution in [3.63, 3.8) is 0 Å². The van der Waals surface area contributed by atoms with Crippen LogP contribution in [0, 0.1) is 12.8 Å². The summed E-state index contributed by atoms with van der Waals surface area (Å²) >= 11 is 1.82. The molecule has 0 spiro atoms. The topological polar surface area (TPSA) is 67.6 Å². The molecule has 0 bridgehead atoms. The molecule has 0 radical (unpaired) electrons. The van der Waals surface area contributed by atoms with Gasteiger partial charge in [-0.05, 0) is 106 Å². The first-order valence-electron chi connectivity index (χ1n) is 13.3. The highest BCUT2D eigenvalue weighted by Crippen LogP contribution is 2.32. The molecule has 4 rings (SSSR count). The maximum atomic E-state index is 12.7. The number of ether oxygens (including phenoxy) is 1. The van der Waals surface area contributed by atoms with Crippen molar-refractivity contribution in [2.75, 3.05) is 32.0 Å². The fraction of sp³-hybridized carbons (Fsp3) is 0.344. The molecule has 3 N–H and O–H groups in total. The third kappa shape index (κ3) is 8.40. The molecule has 0 aromatic heterocycles. The molecule has 38 heavy (non-hydrogen) atoms. The van der Waals surface area contributed by atoms with Crippen LogP contribution >= 0.6 is 11.8 Å². The van der Waals surface area contributed by atoms with Crippen molar-refractivity contribution in [3.05, 3.63) is 106 Å². The van der Waals surface area contributed by atoms with Gasteiger partial charge in [-0.15, -0.1) is 11.8 Å². The Morgan fingerprint density at radius 1 is 1.13 bits per heavy atom. The SMILES string of the molecule is CC1=CCSC(c2ccc(C(=O)N/C(C)=C/C=C(\N)CN3CCC(COc4cccc(C)c4)CC3)cc2)=C1. The van der Waals surface area contributed by atoms with E-state index in [0.29, 0.717) is 11.5 Å². The number of benzene rings is 2. The Morgan fingerprint density at radius 2 is 1.89 bits per heavy atom. The molecular weight excluding hydrogens is 490 g/mol. The number of hydrogen-bond donors (Lipinski definition) is 2. The van der Waals surface area contributed by atoms with Gasteiger partial charge >= 0.3 is 0 Å². The summed E-state index contributed by atoms with van der Waals surface area (Å²) in [7, 11) is 0. The van der Waals surface area contributed by atoms with E-state index in [-0.39, 0.29) is 5.91 Å². The first-order valence-corrected chi connectivity index (χ1v) is 14.3. The number of likely N-dealkylation sites (tertiary alicyclic amines) is 1. The van der Waals surface area contributed by atoms with Gasteiger partial charge in [0.05, 0.1) is 6.61 Å². The van der Waals surface area contributed by atoms with Gasteiger partial charge in [0.2, 0.25) is 0 Å². The minimum Gasteiger partial charge on any atom is -0.493 e. The first kappa shape index (κ1) is 27.8. The fourth-order valence-corrected chi connectivity index (χ4v) is 5.69. The lowest BCUT2D eigenvalue weighted by Crippen LogP contribution is -2.37. The van der Waals surface area contributed by atoms with Crippen LogP contribution < -0.4 is 15.8 Å². The third-order valence-corrected chi connectivity index (χ3v) is 7.88. The van der Waals surface area contributed by atoms with Gasteiger partial charge in [0.1, 0.15) is 5.75 Å². The number of nitrogens with one attached hydrogen (secondary N) is 1. The molecule has 2 aromatic carbocycles. The Kier molecular flexibility index (Phi) is 9.91. The van der Waals surface area contributed by atoms with E-state index in [1.807, 2.05) is 67.2 Å². The third-order valence-electron chi connectivity index (χ3n) is 6.88. The molecule has 2 aromatic rings. The van der Waals surface area contributed by atoms with Crippen molar-refractivity contribution in [1.82, 2.24) is 10.2 Å². The molecule has 0 saturated carbocycles. The van der Waals surface area contributed by atoms with E-state index in [1.165, 1.54) is 16.0 Å². The van der Waals surface area contributed by atoms with Crippen LogP contribution in [0.3, 0.4) is 0 Å². The highest BCUT2D eigenvalue weighted by Gasteiger charge is 2.20. The summed E-state index contributed by atoms with van der Waals surface area (Å²) in [5.74, 6) is 2.40. The van der Waals surface area contributed by atoms with Gasteiger partial charge in [0, 0.05) is 34.2 Å². The van der Waals surface area contributed by atoms with Gasteiger partial charge in [0.25, 0.3) is 5.91 Å². The van der Waals surface area contributed by atoms with Gasteiger partial charge < -0.3 is 15.8 Å². The van der Waals surface area contributed by atoms with Crippen LogP contribution in [0.25, 0.3) is 4.91 Å². The van der Waals surface area contributed by atoms with Crippen LogP contribution in [0.1, 0.15) is 48.2 Å². The molecule has 2 aliphatic heterocycles. The standard InChI is InChI=1S/C32H39N3O2S/c1-23-5-4-6-30(19-23)37-22-26-13-16-35(17-14-26)21-29(33)12-7-25(3)34-32(36)28-10-8-27(9-11-28)31-20-24(2)15-18-38-31/h4-12,15,19-20,26H,13-14,16-18,21-22,33H2,1-3H3,(H,34,36)/b25-7+,29-12-. The van der Waals surface area contributed by atoms with Crippen LogP contribution in [0.4, 0.5) is 0 Å². The zero-order valence-electron chi connectivity index (χ0n) is 22.7. The Hall–Kier alpha value is -3.22. The number of nitrogens with zero attached hydrogens (tertiary/aromatic N) is 1.